The summed E-state index contributed by atoms with van der Waals surface area (Å²) in [6, 6.07) is 12.5. The van der Waals surface area contributed by atoms with Gasteiger partial charge in [0.15, 0.2) is 0 Å². The topological polar surface area (TPSA) is 88.1 Å². The minimum atomic E-state index is -3.63. The number of rotatable bonds is 7. The predicted octanol–water partition coefficient (Wildman–Crippen LogP) is 2.23. The Balaban J connectivity index is 2.12. The summed E-state index contributed by atoms with van der Waals surface area (Å²) in [5.74, 6) is 0.129. The van der Waals surface area contributed by atoms with Crippen molar-refractivity contribution in [3.8, 4) is 5.75 Å². The van der Waals surface area contributed by atoms with Crippen LogP contribution in [0, 0.1) is 13.8 Å². The summed E-state index contributed by atoms with van der Waals surface area (Å²) in [6.45, 7) is 3.35. The van der Waals surface area contributed by atoms with Gasteiger partial charge in [0.1, 0.15) is 12.3 Å². The molecule has 8 heteroatoms. The first-order valence-electron chi connectivity index (χ1n) is 8.22. The SMILES string of the molecule is COc1cccc(/C=N\NC(=O)CN(c2cccc(C)c2C)S(C)(=O)=O)c1. The van der Waals surface area contributed by atoms with Crippen LogP contribution in [0.3, 0.4) is 0 Å². The van der Waals surface area contributed by atoms with E-state index in [9.17, 15) is 13.2 Å². The summed E-state index contributed by atoms with van der Waals surface area (Å²) in [6.07, 6.45) is 2.53. The number of sulfonamides is 1. The molecule has 0 heterocycles. The van der Waals surface area contributed by atoms with E-state index in [-0.39, 0.29) is 6.54 Å². The Morgan fingerprint density at radius 3 is 2.59 bits per heavy atom. The molecule has 2 aromatic carbocycles. The quantitative estimate of drug-likeness (QED) is 0.581. The molecule has 0 aliphatic rings. The molecule has 0 saturated carbocycles. The number of amides is 1. The van der Waals surface area contributed by atoms with Crippen LogP contribution in [0.4, 0.5) is 5.69 Å². The first-order chi connectivity index (χ1) is 12.7. The van der Waals surface area contributed by atoms with Crippen LogP contribution >= 0.6 is 0 Å². The molecular weight excluding hydrogens is 366 g/mol. The van der Waals surface area contributed by atoms with Gasteiger partial charge in [-0.15, -0.1) is 0 Å². The average Bonchev–Trinajstić information content (AvgIpc) is 2.61. The maximum Gasteiger partial charge on any atom is 0.260 e. The molecule has 2 aromatic rings. The molecule has 2 rings (SSSR count). The van der Waals surface area contributed by atoms with Crippen molar-refractivity contribution in [1.82, 2.24) is 5.43 Å². The number of hydrazone groups is 1. The Hall–Kier alpha value is -2.87. The maximum absolute atomic E-state index is 12.2. The molecule has 0 fully saturated rings. The number of carbonyl (C=O) groups excluding carboxylic acids is 1. The number of aryl methyl sites for hydroxylation is 1. The number of anilines is 1. The van der Waals surface area contributed by atoms with Gasteiger partial charge < -0.3 is 4.74 Å². The molecule has 1 amide bonds. The van der Waals surface area contributed by atoms with Crippen molar-refractivity contribution in [3.05, 3.63) is 59.2 Å². The first-order valence-corrected chi connectivity index (χ1v) is 10.1. The van der Waals surface area contributed by atoms with Crippen LogP contribution in [0.2, 0.25) is 0 Å². The third-order valence-electron chi connectivity index (χ3n) is 4.03. The third-order valence-corrected chi connectivity index (χ3v) is 5.16. The van der Waals surface area contributed by atoms with Crippen LogP contribution in [0.25, 0.3) is 0 Å². The Bertz CT molecular complexity index is 955. The zero-order chi connectivity index (χ0) is 20.0. The van der Waals surface area contributed by atoms with E-state index in [1.165, 1.54) is 6.21 Å². The maximum atomic E-state index is 12.2. The van der Waals surface area contributed by atoms with Crippen molar-refractivity contribution < 1.29 is 17.9 Å². The van der Waals surface area contributed by atoms with Gasteiger partial charge >= 0.3 is 0 Å². The highest BCUT2D eigenvalue weighted by atomic mass is 32.2. The third kappa shape index (κ3) is 5.55. The molecule has 27 heavy (non-hydrogen) atoms. The number of nitrogens with one attached hydrogen (secondary N) is 1. The summed E-state index contributed by atoms with van der Waals surface area (Å²) >= 11 is 0. The highest BCUT2D eigenvalue weighted by Crippen LogP contribution is 2.24. The molecule has 0 saturated heterocycles. The standard InChI is InChI=1S/C19H23N3O4S/c1-14-7-5-10-18(15(14)2)22(27(4,24)25)13-19(23)21-20-12-16-8-6-9-17(11-16)26-3/h5-12H,13H2,1-4H3,(H,21,23)/b20-12-. The monoisotopic (exact) mass is 389 g/mol. The van der Waals surface area contributed by atoms with Gasteiger partial charge in [-0.3, -0.25) is 9.10 Å². The molecular formula is C19H23N3O4S. The summed E-state index contributed by atoms with van der Waals surface area (Å²) in [4.78, 5) is 12.2. The summed E-state index contributed by atoms with van der Waals surface area (Å²) in [7, 11) is -2.07. The molecule has 144 valence electrons. The normalized spacial score (nSPS) is 11.4. The zero-order valence-electron chi connectivity index (χ0n) is 15.8. The Morgan fingerprint density at radius 2 is 1.93 bits per heavy atom. The van der Waals surface area contributed by atoms with E-state index < -0.39 is 15.9 Å². The van der Waals surface area contributed by atoms with Gasteiger partial charge in [-0.25, -0.2) is 13.8 Å². The highest BCUT2D eigenvalue weighted by Gasteiger charge is 2.22. The van der Waals surface area contributed by atoms with Gasteiger partial charge in [-0.2, -0.15) is 5.10 Å². The highest BCUT2D eigenvalue weighted by molar-refractivity contribution is 7.92. The summed E-state index contributed by atoms with van der Waals surface area (Å²) in [5.41, 5.74) is 5.32. The lowest BCUT2D eigenvalue weighted by Crippen LogP contribution is -2.39. The van der Waals surface area contributed by atoms with Gasteiger partial charge in [0.05, 0.1) is 25.3 Å². The van der Waals surface area contributed by atoms with Crippen LogP contribution < -0.4 is 14.5 Å². The average molecular weight is 389 g/mol. The van der Waals surface area contributed by atoms with Crippen molar-refractivity contribution in [1.29, 1.82) is 0 Å². The summed E-state index contributed by atoms with van der Waals surface area (Å²) < 4.78 is 30.6. The predicted molar refractivity (Wildman–Crippen MR) is 107 cm³/mol. The lowest BCUT2D eigenvalue weighted by Gasteiger charge is -2.23. The molecule has 0 radical (unpaired) electrons. The summed E-state index contributed by atoms with van der Waals surface area (Å²) in [5, 5.41) is 3.88. The van der Waals surface area contributed by atoms with Crippen molar-refractivity contribution in [2.75, 3.05) is 24.2 Å². The molecule has 0 unspecified atom stereocenters. The number of nitrogens with zero attached hydrogens (tertiary/aromatic N) is 2. The molecule has 0 spiro atoms. The molecule has 7 nitrogen and oxygen atoms in total. The minimum Gasteiger partial charge on any atom is -0.497 e. The van der Waals surface area contributed by atoms with Crippen LogP contribution in [-0.4, -0.2) is 40.4 Å². The zero-order valence-corrected chi connectivity index (χ0v) is 16.6. The second-order valence-corrected chi connectivity index (χ2v) is 7.97. The lowest BCUT2D eigenvalue weighted by molar-refractivity contribution is -0.119. The van der Waals surface area contributed by atoms with Crippen LogP contribution in [-0.2, 0) is 14.8 Å². The van der Waals surface area contributed by atoms with Crippen LogP contribution in [0.5, 0.6) is 5.75 Å². The second-order valence-electron chi connectivity index (χ2n) is 6.06. The van der Waals surface area contributed by atoms with E-state index in [0.717, 1.165) is 27.3 Å². The van der Waals surface area contributed by atoms with Crippen molar-refractivity contribution in [2.45, 2.75) is 13.8 Å². The number of carbonyl (C=O) groups is 1. The fraction of sp³-hybridized carbons (Fsp3) is 0.263. The molecule has 0 aliphatic carbocycles. The van der Waals surface area contributed by atoms with Gasteiger partial charge in [-0.05, 0) is 48.7 Å². The number of hydrogen-bond acceptors (Lipinski definition) is 5. The van der Waals surface area contributed by atoms with Crippen LogP contribution in [0.15, 0.2) is 47.6 Å². The van der Waals surface area contributed by atoms with Gasteiger partial charge in [0.25, 0.3) is 5.91 Å². The van der Waals surface area contributed by atoms with E-state index in [1.54, 1.807) is 43.5 Å². The van der Waals surface area contributed by atoms with E-state index in [0.29, 0.717) is 11.4 Å². The van der Waals surface area contributed by atoms with E-state index in [1.807, 2.05) is 19.9 Å². The molecule has 1 N–H and O–H groups in total. The van der Waals surface area contributed by atoms with Crippen molar-refractivity contribution in [3.63, 3.8) is 0 Å². The van der Waals surface area contributed by atoms with Crippen LogP contribution in [0.1, 0.15) is 16.7 Å². The fourth-order valence-electron chi connectivity index (χ4n) is 2.45. The largest absolute Gasteiger partial charge is 0.497 e. The van der Waals surface area contributed by atoms with Gasteiger partial charge in [-0.1, -0.05) is 24.3 Å². The molecule has 0 bridgehead atoms. The number of methoxy groups -OCH3 is 1. The fourth-order valence-corrected chi connectivity index (χ4v) is 3.36. The first kappa shape index (κ1) is 20.4. The van der Waals surface area contributed by atoms with Gasteiger partial charge in [0, 0.05) is 0 Å². The lowest BCUT2D eigenvalue weighted by atomic mass is 10.1. The second kappa shape index (κ2) is 8.68. The molecule has 0 aromatic heterocycles. The van der Waals surface area contributed by atoms with Crippen molar-refractivity contribution in [2.24, 2.45) is 5.10 Å². The number of ether oxygens (including phenoxy) is 1. The Labute approximate surface area is 159 Å². The number of benzene rings is 2. The molecule has 0 aliphatic heterocycles. The minimum absolute atomic E-state index is 0.363. The Kier molecular flexibility index (Phi) is 6.57. The smallest absolute Gasteiger partial charge is 0.260 e. The van der Waals surface area contributed by atoms with E-state index in [2.05, 4.69) is 10.5 Å². The molecule has 0 atom stereocenters. The van der Waals surface area contributed by atoms with E-state index >= 15 is 0 Å². The Morgan fingerprint density at radius 1 is 1.22 bits per heavy atom. The van der Waals surface area contributed by atoms with Crippen molar-refractivity contribution >= 4 is 27.8 Å². The van der Waals surface area contributed by atoms with E-state index in [4.69, 9.17) is 4.74 Å². The van der Waals surface area contributed by atoms with Gasteiger partial charge in [0.2, 0.25) is 10.0 Å². The number of hydrogen-bond donors (Lipinski definition) is 1.